The summed E-state index contributed by atoms with van der Waals surface area (Å²) in [6.07, 6.45) is 9.08. The molecule has 0 radical (unpaired) electrons. The number of hydrogen-bond donors (Lipinski definition) is 1. The lowest BCUT2D eigenvalue weighted by Gasteiger charge is -2.37. The molecule has 1 aliphatic rings. The zero-order chi connectivity index (χ0) is 22.2. The lowest BCUT2D eigenvalue weighted by Crippen LogP contribution is -2.36. The Hall–Kier alpha value is -2.32. The minimum atomic E-state index is 0.361. The number of likely N-dealkylation sites (tertiary alicyclic amines) is 1. The molecule has 0 bridgehead atoms. The highest BCUT2D eigenvalue weighted by atomic mass is 15.1. The largest absolute Gasteiger partial charge is 0.371 e. The molecule has 1 heterocycles. The van der Waals surface area contributed by atoms with Crippen molar-refractivity contribution < 1.29 is 0 Å². The first-order valence-corrected chi connectivity index (χ1v) is 12.0. The lowest BCUT2D eigenvalue weighted by molar-refractivity contribution is 0.210. The fourth-order valence-corrected chi connectivity index (χ4v) is 4.82. The van der Waals surface area contributed by atoms with Gasteiger partial charge in [0.25, 0.3) is 0 Å². The van der Waals surface area contributed by atoms with Crippen molar-refractivity contribution in [3.8, 4) is 0 Å². The van der Waals surface area contributed by atoms with Gasteiger partial charge in [-0.25, -0.2) is 0 Å². The molecule has 1 aliphatic heterocycles. The number of piperidine rings is 1. The first kappa shape index (κ1) is 23.3. The number of hydrogen-bond acceptors (Lipinski definition) is 2. The summed E-state index contributed by atoms with van der Waals surface area (Å²) in [5.41, 5.74) is 5.66. The fraction of sp³-hybridized carbons (Fsp3) is 0.448. The van der Waals surface area contributed by atoms with E-state index in [0.29, 0.717) is 6.04 Å². The van der Waals surface area contributed by atoms with Gasteiger partial charge in [-0.1, -0.05) is 67.6 Å². The van der Waals surface area contributed by atoms with Crippen LogP contribution in [0.25, 0.3) is 10.8 Å². The number of rotatable bonds is 9. The summed E-state index contributed by atoms with van der Waals surface area (Å²) in [6, 6.07) is 15.7. The Kier molecular flexibility index (Phi) is 8.54. The standard InChI is InChI=1S/C29H40N2/c1-6-12-29(23(4)22(3)7-2)31-20-11-13-25(21-31)18-19-30-24(5)27-17-10-15-26-14-8-9-16-28(26)27/h6,8-10,12,14-17,24-25,30H,1,7,11,13,18-21H2,2-5H3/b23-22-,29-12+. The van der Waals surface area contributed by atoms with E-state index in [1.807, 2.05) is 6.08 Å². The van der Waals surface area contributed by atoms with Gasteiger partial charge in [-0.15, -0.1) is 0 Å². The molecule has 1 saturated heterocycles. The van der Waals surface area contributed by atoms with Gasteiger partial charge in [0.15, 0.2) is 0 Å². The van der Waals surface area contributed by atoms with Crippen LogP contribution in [-0.4, -0.2) is 24.5 Å². The van der Waals surface area contributed by atoms with Crippen molar-refractivity contribution >= 4 is 10.8 Å². The van der Waals surface area contributed by atoms with Gasteiger partial charge in [-0.05, 0) is 86.9 Å². The van der Waals surface area contributed by atoms with Crippen LogP contribution in [0.2, 0.25) is 0 Å². The van der Waals surface area contributed by atoms with E-state index in [1.54, 1.807) is 0 Å². The maximum atomic E-state index is 3.97. The van der Waals surface area contributed by atoms with Gasteiger partial charge in [0, 0.05) is 24.8 Å². The predicted molar refractivity (Wildman–Crippen MR) is 136 cm³/mol. The molecule has 2 unspecified atom stereocenters. The van der Waals surface area contributed by atoms with Crippen molar-refractivity contribution in [2.75, 3.05) is 19.6 Å². The fourth-order valence-electron chi connectivity index (χ4n) is 4.82. The van der Waals surface area contributed by atoms with Crippen molar-refractivity contribution in [2.45, 2.75) is 59.4 Å². The molecule has 1 N–H and O–H groups in total. The third-order valence-electron chi connectivity index (χ3n) is 6.98. The third kappa shape index (κ3) is 5.89. The van der Waals surface area contributed by atoms with Crippen LogP contribution in [0.3, 0.4) is 0 Å². The molecule has 1 fully saturated rings. The topological polar surface area (TPSA) is 15.3 Å². The Bertz CT molecular complexity index is 931. The van der Waals surface area contributed by atoms with Crippen molar-refractivity contribution in [2.24, 2.45) is 5.92 Å². The predicted octanol–water partition coefficient (Wildman–Crippen LogP) is 7.41. The third-order valence-corrected chi connectivity index (χ3v) is 6.98. The number of nitrogens with zero attached hydrogens (tertiary/aromatic N) is 1. The SMILES string of the molecule is C=C/C=C(\C(C)=C(\C)CC)N1CCCC(CCNC(C)c2cccc3ccccc23)C1. The van der Waals surface area contributed by atoms with E-state index in [1.165, 1.54) is 52.4 Å². The van der Waals surface area contributed by atoms with E-state index >= 15 is 0 Å². The Morgan fingerprint density at radius 1 is 1.19 bits per heavy atom. The Morgan fingerprint density at radius 2 is 1.97 bits per heavy atom. The molecule has 2 heteroatoms. The summed E-state index contributed by atoms with van der Waals surface area (Å²) in [6.45, 7) is 16.4. The Morgan fingerprint density at radius 3 is 2.74 bits per heavy atom. The van der Waals surface area contributed by atoms with Gasteiger partial charge < -0.3 is 10.2 Å². The van der Waals surface area contributed by atoms with Gasteiger partial charge in [0.2, 0.25) is 0 Å². The zero-order valence-electron chi connectivity index (χ0n) is 20.0. The van der Waals surface area contributed by atoms with E-state index in [-0.39, 0.29) is 0 Å². The van der Waals surface area contributed by atoms with E-state index in [0.717, 1.165) is 32.0 Å². The highest BCUT2D eigenvalue weighted by Gasteiger charge is 2.22. The van der Waals surface area contributed by atoms with E-state index in [4.69, 9.17) is 0 Å². The van der Waals surface area contributed by atoms with Gasteiger partial charge >= 0.3 is 0 Å². The molecule has 0 aromatic heterocycles. The molecule has 0 saturated carbocycles. The smallest absolute Gasteiger partial charge is 0.0395 e. The van der Waals surface area contributed by atoms with Crippen molar-refractivity contribution in [1.82, 2.24) is 10.2 Å². The second-order valence-electron chi connectivity index (χ2n) is 9.03. The minimum absolute atomic E-state index is 0.361. The Balaban J connectivity index is 1.59. The highest BCUT2D eigenvalue weighted by Crippen LogP contribution is 2.28. The number of nitrogens with one attached hydrogen (secondary N) is 1. The van der Waals surface area contributed by atoms with E-state index in [2.05, 4.69) is 93.0 Å². The van der Waals surface area contributed by atoms with Crippen LogP contribution in [0.5, 0.6) is 0 Å². The van der Waals surface area contributed by atoms with Crippen LogP contribution in [-0.2, 0) is 0 Å². The molecule has 2 atom stereocenters. The average Bonchev–Trinajstić information content (AvgIpc) is 2.81. The van der Waals surface area contributed by atoms with Crippen LogP contribution in [0, 0.1) is 5.92 Å². The molecule has 0 spiro atoms. The first-order valence-electron chi connectivity index (χ1n) is 12.0. The number of fused-ring (bicyclic) bond motifs is 1. The van der Waals surface area contributed by atoms with Crippen molar-refractivity contribution in [1.29, 1.82) is 0 Å². The molecular weight excluding hydrogens is 376 g/mol. The molecule has 0 aliphatic carbocycles. The quantitative estimate of drug-likeness (QED) is 0.428. The average molecular weight is 417 g/mol. The summed E-state index contributed by atoms with van der Waals surface area (Å²) < 4.78 is 0. The van der Waals surface area contributed by atoms with Crippen LogP contribution in [0.15, 0.2) is 78.0 Å². The van der Waals surface area contributed by atoms with E-state index in [9.17, 15) is 0 Å². The second-order valence-corrected chi connectivity index (χ2v) is 9.03. The second kappa shape index (κ2) is 11.3. The summed E-state index contributed by atoms with van der Waals surface area (Å²) >= 11 is 0. The van der Waals surface area contributed by atoms with E-state index < -0.39 is 0 Å². The van der Waals surface area contributed by atoms with Crippen LogP contribution in [0.1, 0.15) is 65.0 Å². The molecule has 2 aromatic carbocycles. The number of benzene rings is 2. The van der Waals surface area contributed by atoms with Gasteiger partial charge in [0.05, 0.1) is 0 Å². The van der Waals surface area contributed by atoms with Crippen molar-refractivity contribution in [3.05, 3.63) is 83.6 Å². The maximum absolute atomic E-state index is 3.97. The molecule has 3 rings (SSSR count). The lowest BCUT2D eigenvalue weighted by atomic mass is 9.92. The molecule has 2 aromatic rings. The van der Waals surface area contributed by atoms with Crippen LogP contribution < -0.4 is 5.32 Å². The van der Waals surface area contributed by atoms with Crippen LogP contribution >= 0.6 is 0 Å². The van der Waals surface area contributed by atoms with Gasteiger partial charge in [0.1, 0.15) is 0 Å². The monoisotopic (exact) mass is 416 g/mol. The van der Waals surface area contributed by atoms with Gasteiger partial charge in [-0.3, -0.25) is 0 Å². The molecule has 166 valence electrons. The normalized spacial score (nSPS) is 19.3. The highest BCUT2D eigenvalue weighted by molar-refractivity contribution is 5.86. The number of allylic oxidation sites excluding steroid dienone is 4. The zero-order valence-corrected chi connectivity index (χ0v) is 20.0. The maximum Gasteiger partial charge on any atom is 0.0395 e. The van der Waals surface area contributed by atoms with Crippen molar-refractivity contribution in [3.63, 3.8) is 0 Å². The Labute approximate surface area is 189 Å². The minimum Gasteiger partial charge on any atom is -0.371 e. The summed E-state index contributed by atoms with van der Waals surface area (Å²) in [5.74, 6) is 0.740. The summed E-state index contributed by atoms with van der Waals surface area (Å²) in [5, 5.41) is 6.48. The molecule has 0 amide bonds. The molecular formula is C29H40N2. The summed E-state index contributed by atoms with van der Waals surface area (Å²) in [4.78, 5) is 2.60. The van der Waals surface area contributed by atoms with Crippen LogP contribution in [0.4, 0.5) is 0 Å². The first-order chi connectivity index (χ1) is 15.0. The summed E-state index contributed by atoms with van der Waals surface area (Å²) in [7, 11) is 0. The molecule has 31 heavy (non-hydrogen) atoms. The van der Waals surface area contributed by atoms with Gasteiger partial charge in [-0.2, -0.15) is 0 Å². The molecule has 2 nitrogen and oxygen atoms in total.